The molecular weight excluding hydrogens is 251 g/mol. The van der Waals surface area contributed by atoms with Crippen LogP contribution in [0.3, 0.4) is 0 Å². The molecule has 1 heterocycles. The quantitative estimate of drug-likeness (QED) is 0.915. The normalized spacial score (nSPS) is 27.4. The number of anilines is 1. The maximum Gasteiger partial charge on any atom is 0.123 e. The monoisotopic (exact) mass is 276 g/mol. The van der Waals surface area contributed by atoms with Gasteiger partial charge in [0.05, 0.1) is 0 Å². The van der Waals surface area contributed by atoms with Gasteiger partial charge in [0, 0.05) is 24.3 Å². The first-order valence-electron chi connectivity index (χ1n) is 7.96. The van der Waals surface area contributed by atoms with Gasteiger partial charge in [-0.3, -0.25) is 0 Å². The van der Waals surface area contributed by atoms with E-state index in [2.05, 4.69) is 4.90 Å². The van der Waals surface area contributed by atoms with Crippen molar-refractivity contribution < 1.29 is 4.39 Å². The van der Waals surface area contributed by atoms with Gasteiger partial charge in [-0.15, -0.1) is 0 Å². The van der Waals surface area contributed by atoms with Crippen LogP contribution in [0.4, 0.5) is 10.1 Å². The van der Waals surface area contributed by atoms with E-state index in [1.807, 2.05) is 13.0 Å². The summed E-state index contributed by atoms with van der Waals surface area (Å²) in [5.41, 5.74) is 8.23. The Morgan fingerprint density at radius 1 is 1.30 bits per heavy atom. The third kappa shape index (κ3) is 2.69. The third-order valence-electron chi connectivity index (χ3n) is 4.90. The van der Waals surface area contributed by atoms with Gasteiger partial charge in [0.1, 0.15) is 5.82 Å². The highest BCUT2D eigenvalue weighted by Gasteiger charge is 2.36. The Kier molecular flexibility index (Phi) is 3.97. The van der Waals surface area contributed by atoms with Gasteiger partial charge in [0.25, 0.3) is 0 Å². The minimum atomic E-state index is -0.149. The van der Waals surface area contributed by atoms with E-state index in [0.717, 1.165) is 24.4 Å². The van der Waals surface area contributed by atoms with Crippen molar-refractivity contribution in [2.75, 3.05) is 11.4 Å². The molecule has 1 aliphatic heterocycles. The molecule has 20 heavy (non-hydrogen) atoms. The number of nitrogens with zero attached hydrogens (tertiary/aromatic N) is 1. The van der Waals surface area contributed by atoms with Gasteiger partial charge >= 0.3 is 0 Å². The number of nitrogens with two attached hydrogens (primary N) is 1. The number of hydrogen-bond donors (Lipinski definition) is 1. The largest absolute Gasteiger partial charge is 0.368 e. The van der Waals surface area contributed by atoms with Gasteiger partial charge in [0.15, 0.2) is 0 Å². The molecule has 1 aliphatic carbocycles. The van der Waals surface area contributed by atoms with Crippen LogP contribution in [0, 0.1) is 11.7 Å². The lowest BCUT2D eigenvalue weighted by Gasteiger charge is -2.34. The molecule has 2 N–H and O–H groups in total. The van der Waals surface area contributed by atoms with Crippen molar-refractivity contribution in [2.24, 2.45) is 11.7 Å². The number of halogens is 1. The van der Waals surface area contributed by atoms with Crippen LogP contribution in [-0.4, -0.2) is 18.6 Å². The highest BCUT2D eigenvalue weighted by Crippen LogP contribution is 2.40. The molecule has 0 bridgehead atoms. The van der Waals surface area contributed by atoms with Gasteiger partial charge in [-0.2, -0.15) is 0 Å². The van der Waals surface area contributed by atoms with Gasteiger partial charge in [-0.05, 0) is 62.3 Å². The van der Waals surface area contributed by atoms with Crippen molar-refractivity contribution in [1.82, 2.24) is 0 Å². The second-order valence-corrected chi connectivity index (χ2v) is 6.55. The highest BCUT2D eigenvalue weighted by molar-refractivity contribution is 5.56. The molecular formula is C17H25FN2. The zero-order valence-electron chi connectivity index (χ0n) is 12.3. The Morgan fingerprint density at radius 2 is 2.10 bits per heavy atom. The van der Waals surface area contributed by atoms with Crippen LogP contribution in [0.1, 0.15) is 44.6 Å². The Bertz CT molecular complexity index is 472. The molecule has 0 amide bonds. The van der Waals surface area contributed by atoms with E-state index in [1.165, 1.54) is 37.8 Å². The van der Waals surface area contributed by atoms with Crippen molar-refractivity contribution in [3.05, 3.63) is 29.6 Å². The lowest BCUT2D eigenvalue weighted by atomic mass is 9.85. The van der Waals surface area contributed by atoms with Gasteiger partial charge < -0.3 is 10.6 Å². The smallest absolute Gasteiger partial charge is 0.123 e. The highest BCUT2D eigenvalue weighted by atomic mass is 19.1. The molecule has 0 spiro atoms. The summed E-state index contributed by atoms with van der Waals surface area (Å²) in [4.78, 5) is 2.53. The fourth-order valence-corrected chi connectivity index (χ4v) is 4.05. The zero-order chi connectivity index (χ0) is 14.1. The Balaban J connectivity index is 1.89. The molecule has 3 unspecified atom stereocenters. The van der Waals surface area contributed by atoms with E-state index >= 15 is 0 Å². The van der Waals surface area contributed by atoms with Crippen LogP contribution < -0.4 is 10.6 Å². The van der Waals surface area contributed by atoms with Crippen molar-refractivity contribution in [1.29, 1.82) is 0 Å². The number of benzene rings is 1. The molecule has 1 aromatic carbocycles. The molecule has 1 aromatic rings. The third-order valence-corrected chi connectivity index (χ3v) is 4.90. The summed E-state index contributed by atoms with van der Waals surface area (Å²) >= 11 is 0. The average Bonchev–Trinajstić information content (AvgIpc) is 2.82. The minimum Gasteiger partial charge on any atom is -0.368 e. The first-order chi connectivity index (χ1) is 9.65. The molecule has 3 heteroatoms. The van der Waals surface area contributed by atoms with Crippen LogP contribution in [0.5, 0.6) is 0 Å². The van der Waals surface area contributed by atoms with E-state index in [9.17, 15) is 4.39 Å². The van der Waals surface area contributed by atoms with E-state index < -0.39 is 0 Å². The average molecular weight is 276 g/mol. The van der Waals surface area contributed by atoms with Crippen LogP contribution in [0.15, 0.2) is 18.2 Å². The standard InChI is InChI=1S/C17H25FN2/c1-12(19)10-14-11-15(18)6-7-17(14)20-9-8-13-4-2-3-5-16(13)20/h6-7,11-13,16H,2-5,8-10,19H2,1H3. The predicted octanol–water partition coefficient (Wildman–Crippen LogP) is 3.48. The second kappa shape index (κ2) is 5.72. The van der Waals surface area contributed by atoms with Crippen molar-refractivity contribution in [3.63, 3.8) is 0 Å². The Hall–Kier alpha value is -1.09. The molecule has 3 atom stereocenters. The first-order valence-corrected chi connectivity index (χ1v) is 7.96. The minimum absolute atomic E-state index is 0.0697. The molecule has 1 saturated carbocycles. The zero-order valence-corrected chi connectivity index (χ0v) is 12.3. The van der Waals surface area contributed by atoms with Crippen molar-refractivity contribution >= 4 is 5.69 Å². The molecule has 0 radical (unpaired) electrons. The van der Waals surface area contributed by atoms with E-state index in [0.29, 0.717) is 6.04 Å². The van der Waals surface area contributed by atoms with Crippen LogP contribution in [-0.2, 0) is 6.42 Å². The number of hydrogen-bond acceptors (Lipinski definition) is 2. The lowest BCUT2D eigenvalue weighted by molar-refractivity contribution is 0.342. The lowest BCUT2D eigenvalue weighted by Crippen LogP contribution is -2.35. The Morgan fingerprint density at radius 3 is 2.90 bits per heavy atom. The molecule has 0 aromatic heterocycles. The van der Waals surface area contributed by atoms with Gasteiger partial charge in [-0.25, -0.2) is 4.39 Å². The molecule has 2 nitrogen and oxygen atoms in total. The van der Waals surface area contributed by atoms with Crippen molar-refractivity contribution in [2.45, 2.75) is 57.5 Å². The van der Waals surface area contributed by atoms with E-state index in [1.54, 1.807) is 12.1 Å². The summed E-state index contributed by atoms with van der Waals surface area (Å²) in [6, 6.07) is 5.97. The van der Waals surface area contributed by atoms with Gasteiger partial charge in [-0.1, -0.05) is 12.8 Å². The maximum atomic E-state index is 13.6. The molecule has 110 valence electrons. The first kappa shape index (κ1) is 13.9. The maximum absolute atomic E-state index is 13.6. The SMILES string of the molecule is CC(N)Cc1cc(F)ccc1N1CCC2CCCCC21. The topological polar surface area (TPSA) is 29.3 Å². The fraction of sp³-hybridized carbons (Fsp3) is 0.647. The van der Waals surface area contributed by atoms with Crippen molar-refractivity contribution in [3.8, 4) is 0 Å². The number of fused-ring (bicyclic) bond motifs is 1. The van der Waals surface area contributed by atoms with Crippen LogP contribution in [0.25, 0.3) is 0 Å². The molecule has 2 aliphatic rings. The molecule has 3 rings (SSSR count). The second-order valence-electron chi connectivity index (χ2n) is 6.55. The van der Waals surface area contributed by atoms with Crippen LogP contribution in [0.2, 0.25) is 0 Å². The Labute approximate surface area is 121 Å². The summed E-state index contributed by atoms with van der Waals surface area (Å²) in [5.74, 6) is 0.695. The van der Waals surface area contributed by atoms with Crippen LogP contribution >= 0.6 is 0 Å². The summed E-state index contributed by atoms with van der Waals surface area (Å²) in [6.07, 6.45) is 7.41. The summed E-state index contributed by atoms with van der Waals surface area (Å²) in [7, 11) is 0. The van der Waals surface area contributed by atoms with Gasteiger partial charge in [0.2, 0.25) is 0 Å². The molecule has 2 fully saturated rings. The summed E-state index contributed by atoms with van der Waals surface area (Å²) < 4.78 is 13.6. The molecule has 1 saturated heterocycles. The fourth-order valence-electron chi connectivity index (χ4n) is 4.05. The summed E-state index contributed by atoms with van der Waals surface area (Å²) in [5, 5.41) is 0. The van der Waals surface area contributed by atoms with E-state index in [-0.39, 0.29) is 11.9 Å². The predicted molar refractivity (Wildman–Crippen MR) is 81.5 cm³/mol. The number of rotatable bonds is 3. The van der Waals surface area contributed by atoms with E-state index in [4.69, 9.17) is 5.73 Å². The summed E-state index contributed by atoms with van der Waals surface area (Å²) in [6.45, 7) is 3.11.